The first kappa shape index (κ1) is 16.0. The Morgan fingerprint density at radius 1 is 1.00 bits per heavy atom. The van der Waals surface area contributed by atoms with E-state index in [1.807, 2.05) is 43.3 Å². The molecule has 5 heteroatoms. The van der Waals surface area contributed by atoms with Crippen molar-refractivity contribution in [1.82, 2.24) is 4.98 Å². The summed E-state index contributed by atoms with van der Waals surface area (Å²) in [7, 11) is 0. The van der Waals surface area contributed by atoms with E-state index in [0.29, 0.717) is 16.3 Å². The molecule has 120 valence electrons. The molecule has 4 nitrogen and oxygen atoms in total. The predicted molar refractivity (Wildman–Crippen MR) is 98.1 cm³/mol. The Kier molecular flexibility index (Phi) is 4.77. The van der Waals surface area contributed by atoms with Crippen LogP contribution in [0.2, 0.25) is 5.02 Å². The first-order chi connectivity index (χ1) is 11.6. The summed E-state index contributed by atoms with van der Waals surface area (Å²) < 4.78 is 0. The summed E-state index contributed by atoms with van der Waals surface area (Å²) in [5.41, 5.74) is 3.78. The largest absolute Gasteiger partial charge is 0.354 e. The first-order valence-corrected chi connectivity index (χ1v) is 7.84. The van der Waals surface area contributed by atoms with Gasteiger partial charge in [-0.15, -0.1) is 0 Å². The lowest BCUT2D eigenvalue weighted by Gasteiger charge is -2.10. The van der Waals surface area contributed by atoms with E-state index in [0.717, 1.165) is 16.9 Å². The van der Waals surface area contributed by atoms with Crippen LogP contribution in [-0.4, -0.2) is 10.9 Å². The van der Waals surface area contributed by atoms with Crippen molar-refractivity contribution < 1.29 is 4.79 Å². The third-order valence-corrected chi connectivity index (χ3v) is 3.75. The summed E-state index contributed by atoms with van der Waals surface area (Å²) in [5.74, 6) is -0.232. The van der Waals surface area contributed by atoms with Gasteiger partial charge in [0.05, 0.1) is 17.4 Å². The maximum absolute atomic E-state index is 12.5. The molecule has 0 atom stereocenters. The molecule has 0 fully saturated rings. The number of halogens is 1. The molecule has 0 saturated heterocycles. The fourth-order valence-corrected chi connectivity index (χ4v) is 2.42. The minimum absolute atomic E-state index is 0.232. The smallest absolute Gasteiger partial charge is 0.257 e. The molecule has 3 aromatic rings. The molecule has 2 aromatic carbocycles. The molecule has 24 heavy (non-hydrogen) atoms. The number of amides is 1. The summed E-state index contributed by atoms with van der Waals surface area (Å²) in [6.45, 7) is 1.91. The van der Waals surface area contributed by atoms with Crippen molar-refractivity contribution in [2.24, 2.45) is 0 Å². The molecule has 2 N–H and O–H groups in total. The van der Waals surface area contributed by atoms with Gasteiger partial charge in [0.1, 0.15) is 0 Å². The Morgan fingerprint density at radius 2 is 1.79 bits per heavy atom. The number of carbonyl (C=O) groups is 1. The highest BCUT2D eigenvalue weighted by atomic mass is 35.5. The minimum atomic E-state index is -0.232. The van der Waals surface area contributed by atoms with Gasteiger partial charge in [-0.25, -0.2) is 0 Å². The summed E-state index contributed by atoms with van der Waals surface area (Å²) in [6.07, 6.45) is 3.21. The van der Waals surface area contributed by atoms with Crippen LogP contribution in [0.1, 0.15) is 15.9 Å². The molecule has 0 radical (unpaired) electrons. The van der Waals surface area contributed by atoms with Crippen LogP contribution in [0, 0.1) is 6.92 Å². The Bertz CT molecular complexity index is 865. The van der Waals surface area contributed by atoms with Crippen molar-refractivity contribution in [2.75, 3.05) is 10.6 Å². The monoisotopic (exact) mass is 337 g/mol. The van der Waals surface area contributed by atoms with Crippen LogP contribution in [0.15, 0.2) is 67.0 Å². The van der Waals surface area contributed by atoms with Gasteiger partial charge in [-0.05, 0) is 42.8 Å². The molecule has 0 bridgehead atoms. The van der Waals surface area contributed by atoms with Crippen molar-refractivity contribution in [1.29, 1.82) is 0 Å². The average Bonchev–Trinajstić information content (AvgIpc) is 2.59. The Balaban J connectivity index is 1.78. The van der Waals surface area contributed by atoms with Gasteiger partial charge in [0.15, 0.2) is 0 Å². The van der Waals surface area contributed by atoms with Crippen molar-refractivity contribution in [3.05, 3.63) is 83.1 Å². The van der Waals surface area contributed by atoms with Crippen LogP contribution in [0.4, 0.5) is 17.1 Å². The lowest BCUT2D eigenvalue weighted by Crippen LogP contribution is -2.13. The van der Waals surface area contributed by atoms with E-state index in [1.54, 1.807) is 24.4 Å². The summed E-state index contributed by atoms with van der Waals surface area (Å²) in [5, 5.41) is 6.66. The van der Waals surface area contributed by atoms with E-state index >= 15 is 0 Å². The highest BCUT2D eigenvalue weighted by Gasteiger charge is 2.09. The number of benzene rings is 2. The quantitative estimate of drug-likeness (QED) is 0.701. The number of anilines is 3. The summed E-state index contributed by atoms with van der Waals surface area (Å²) >= 11 is 5.99. The molecule has 0 aliphatic carbocycles. The molecule has 0 unspecified atom stereocenters. The van der Waals surface area contributed by atoms with E-state index < -0.39 is 0 Å². The fourth-order valence-electron chi connectivity index (χ4n) is 2.24. The van der Waals surface area contributed by atoms with E-state index in [9.17, 15) is 4.79 Å². The third kappa shape index (κ3) is 3.91. The SMILES string of the molecule is Cc1ccc(Cl)cc1NC(=O)c1cncc(Nc2ccccc2)c1. The van der Waals surface area contributed by atoms with Crippen LogP contribution in [0.5, 0.6) is 0 Å². The lowest BCUT2D eigenvalue weighted by atomic mass is 10.2. The second kappa shape index (κ2) is 7.15. The van der Waals surface area contributed by atoms with E-state index in [2.05, 4.69) is 15.6 Å². The Morgan fingerprint density at radius 3 is 2.58 bits per heavy atom. The van der Waals surface area contributed by atoms with E-state index in [-0.39, 0.29) is 5.91 Å². The predicted octanol–water partition coefficient (Wildman–Crippen LogP) is 5.04. The second-order valence-corrected chi connectivity index (χ2v) is 5.80. The topological polar surface area (TPSA) is 54.0 Å². The van der Waals surface area contributed by atoms with Crippen LogP contribution >= 0.6 is 11.6 Å². The number of aromatic nitrogens is 1. The van der Waals surface area contributed by atoms with Crippen molar-refractivity contribution in [2.45, 2.75) is 6.92 Å². The van der Waals surface area contributed by atoms with Crippen LogP contribution in [0.25, 0.3) is 0 Å². The number of aryl methyl sites for hydroxylation is 1. The Labute approximate surface area is 145 Å². The van der Waals surface area contributed by atoms with Gasteiger partial charge in [0.2, 0.25) is 0 Å². The molecule has 0 aliphatic rings. The number of para-hydroxylation sites is 1. The molecule has 0 aliphatic heterocycles. The fraction of sp³-hybridized carbons (Fsp3) is 0.0526. The summed E-state index contributed by atoms with van der Waals surface area (Å²) in [4.78, 5) is 16.6. The standard InChI is InChI=1S/C19H16ClN3O/c1-13-7-8-15(20)10-18(13)23-19(24)14-9-17(12-21-11-14)22-16-5-3-2-4-6-16/h2-12,22H,1H3,(H,23,24). The third-order valence-electron chi connectivity index (χ3n) is 3.51. The van der Waals surface area contributed by atoms with Crippen LogP contribution in [0.3, 0.4) is 0 Å². The molecule has 1 heterocycles. The maximum Gasteiger partial charge on any atom is 0.257 e. The number of nitrogens with one attached hydrogen (secondary N) is 2. The highest BCUT2D eigenvalue weighted by Crippen LogP contribution is 2.22. The molecule has 3 rings (SSSR count). The molecule has 1 amide bonds. The maximum atomic E-state index is 12.5. The van der Waals surface area contributed by atoms with Gasteiger partial charge in [-0.1, -0.05) is 35.9 Å². The molecule has 0 saturated carbocycles. The number of hydrogen-bond donors (Lipinski definition) is 2. The number of nitrogens with zero attached hydrogens (tertiary/aromatic N) is 1. The molecule has 1 aromatic heterocycles. The lowest BCUT2D eigenvalue weighted by molar-refractivity contribution is 0.102. The van der Waals surface area contributed by atoms with Crippen LogP contribution in [-0.2, 0) is 0 Å². The van der Waals surface area contributed by atoms with Gasteiger partial charge in [0, 0.05) is 22.6 Å². The van der Waals surface area contributed by atoms with Gasteiger partial charge in [-0.3, -0.25) is 9.78 Å². The normalized spacial score (nSPS) is 10.2. The minimum Gasteiger partial charge on any atom is -0.354 e. The zero-order valence-electron chi connectivity index (χ0n) is 13.1. The molecule has 0 spiro atoms. The summed E-state index contributed by atoms with van der Waals surface area (Å²) in [6, 6.07) is 16.9. The Hall–Kier alpha value is -2.85. The van der Waals surface area contributed by atoms with Crippen molar-refractivity contribution in [3.63, 3.8) is 0 Å². The number of rotatable bonds is 4. The van der Waals surface area contributed by atoms with Gasteiger partial charge in [0.25, 0.3) is 5.91 Å². The molecular weight excluding hydrogens is 322 g/mol. The number of carbonyl (C=O) groups excluding carboxylic acids is 1. The number of hydrogen-bond acceptors (Lipinski definition) is 3. The van der Waals surface area contributed by atoms with E-state index in [1.165, 1.54) is 6.20 Å². The number of pyridine rings is 1. The van der Waals surface area contributed by atoms with Gasteiger partial charge >= 0.3 is 0 Å². The average molecular weight is 338 g/mol. The van der Waals surface area contributed by atoms with Crippen molar-refractivity contribution >= 4 is 34.6 Å². The van der Waals surface area contributed by atoms with E-state index in [4.69, 9.17) is 11.6 Å². The first-order valence-electron chi connectivity index (χ1n) is 7.46. The van der Waals surface area contributed by atoms with Crippen molar-refractivity contribution in [3.8, 4) is 0 Å². The van der Waals surface area contributed by atoms with Gasteiger partial charge in [-0.2, -0.15) is 0 Å². The highest BCUT2D eigenvalue weighted by molar-refractivity contribution is 6.31. The van der Waals surface area contributed by atoms with Crippen LogP contribution < -0.4 is 10.6 Å². The van der Waals surface area contributed by atoms with Gasteiger partial charge < -0.3 is 10.6 Å². The zero-order valence-corrected chi connectivity index (χ0v) is 13.8. The molecular formula is C19H16ClN3O. The second-order valence-electron chi connectivity index (χ2n) is 5.37. The zero-order chi connectivity index (χ0) is 16.9.